The van der Waals surface area contributed by atoms with Crippen LogP contribution in [0.1, 0.15) is 20.3 Å². The van der Waals surface area contributed by atoms with Gasteiger partial charge < -0.3 is 19.2 Å². The van der Waals surface area contributed by atoms with Crippen LogP contribution in [0.3, 0.4) is 0 Å². The van der Waals surface area contributed by atoms with Crippen molar-refractivity contribution in [2.45, 2.75) is 26.6 Å². The molecule has 2 aromatic heterocycles. The van der Waals surface area contributed by atoms with E-state index >= 15 is 0 Å². The number of anilines is 1. The van der Waals surface area contributed by atoms with E-state index in [1.165, 1.54) is 19.1 Å². The predicted octanol–water partition coefficient (Wildman–Crippen LogP) is 2.68. The second-order valence-electron chi connectivity index (χ2n) is 5.60. The van der Waals surface area contributed by atoms with E-state index in [-0.39, 0.29) is 23.4 Å². The molecule has 0 aliphatic heterocycles. The minimum Gasteiger partial charge on any atom is -0.390 e. The number of aromatic nitrogens is 3. The number of halogens is 1. The number of amides is 1. The quantitative estimate of drug-likeness (QED) is 0.340. The molecule has 0 saturated carbocycles. The summed E-state index contributed by atoms with van der Waals surface area (Å²) in [5.41, 5.74) is 1.46. The van der Waals surface area contributed by atoms with Crippen LogP contribution in [-0.4, -0.2) is 60.0 Å². The molecular formula is C18H24ClN5O4. The third-order valence-corrected chi connectivity index (χ3v) is 4.18. The smallest absolute Gasteiger partial charge is 0.276 e. The Balaban J connectivity index is 2.21. The summed E-state index contributed by atoms with van der Waals surface area (Å²) in [6.45, 7) is 4.11. The van der Waals surface area contributed by atoms with Crippen LogP contribution in [-0.2, 0) is 19.1 Å². The number of carbonyl (C=O) groups excluding carboxylic acids is 1. The number of oxime groups is 1. The fourth-order valence-corrected chi connectivity index (χ4v) is 2.62. The molecular weight excluding hydrogens is 386 g/mol. The van der Waals surface area contributed by atoms with Gasteiger partial charge in [-0.2, -0.15) is 5.10 Å². The van der Waals surface area contributed by atoms with Crippen LogP contribution in [0.2, 0.25) is 5.15 Å². The second-order valence-corrected chi connectivity index (χ2v) is 5.96. The van der Waals surface area contributed by atoms with Gasteiger partial charge in [-0.05, 0) is 25.5 Å². The van der Waals surface area contributed by atoms with Crippen LogP contribution < -0.4 is 4.90 Å². The first-order chi connectivity index (χ1) is 13.5. The minimum absolute atomic E-state index is 0.0651. The Morgan fingerprint density at radius 3 is 2.68 bits per heavy atom. The Morgan fingerprint density at radius 2 is 2.11 bits per heavy atom. The third kappa shape index (κ3) is 5.28. The van der Waals surface area contributed by atoms with Gasteiger partial charge >= 0.3 is 0 Å². The van der Waals surface area contributed by atoms with E-state index < -0.39 is 6.29 Å². The Kier molecular flexibility index (Phi) is 8.37. The summed E-state index contributed by atoms with van der Waals surface area (Å²) < 4.78 is 11.6. The summed E-state index contributed by atoms with van der Waals surface area (Å²) in [7, 11) is 2.99. The van der Waals surface area contributed by atoms with E-state index in [2.05, 4.69) is 15.2 Å². The zero-order chi connectivity index (χ0) is 20.5. The summed E-state index contributed by atoms with van der Waals surface area (Å²) in [6.07, 6.45) is 4.82. The van der Waals surface area contributed by atoms with Crippen LogP contribution in [0.15, 0.2) is 35.9 Å². The van der Waals surface area contributed by atoms with Gasteiger partial charge in [0.25, 0.3) is 5.91 Å². The Bertz CT molecular complexity index is 793. The second kappa shape index (κ2) is 10.7. The van der Waals surface area contributed by atoms with Gasteiger partial charge in [-0.15, -0.1) is 0 Å². The SMILES string of the molecule is CC/C(=N\OCC(OC)OC)C(=O)N(CC)c1cn(-c2cccnc2)nc1Cl. The van der Waals surface area contributed by atoms with Crippen LogP contribution in [0, 0.1) is 0 Å². The van der Waals surface area contributed by atoms with Gasteiger partial charge in [0.1, 0.15) is 11.4 Å². The highest BCUT2D eigenvalue weighted by Crippen LogP contribution is 2.26. The molecule has 0 N–H and O–H groups in total. The Labute approximate surface area is 168 Å². The van der Waals surface area contributed by atoms with Crippen molar-refractivity contribution in [3.8, 4) is 5.69 Å². The summed E-state index contributed by atoms with van der Waals surface area (Å²) in [5, 5.41) is 8.42. The highest BCUT2D eigenvalue weighted by Gasteiger charge is 2.24. The number of methoxy groups -OCH3 is 2. The number of hydrogen-bond acceptors (Lipinski definition) is 7. The molecule has 2 rings (SSSR count). The Hall–Kier alpha value is -2.49. The molecule has 28 heavy (non-hydrogen) atoms. The van der Waals surface area contributed by atoms with Crippen LogP contribution in [0.5, 0.6) is 0 Å². The van der Waals surface area contributed by atoms with Gasteiger partial charge in [0.15, 0.2) is 18.1 Å². The maximum atomic E-state index is 13.0. The van der Waals surface area contributed by atoms with Crippen molar-refractivity contribution in [1.82, 2.24) is 14.8 Å². The molecule has 0 saturated heterocycles. The summed E-state index contributed by atoms with van der Waals surface area (Å²) in [4.78, 5) is 23.7. The van der Waals surface area contributed by atoms with Crippen LogP contribution in [0.25, 0.3) is 5.69 Å². The van der Waals surface area contributed by atoms with E-state index in [4.69, 9.17) is 25.9 Å². The van der Waals surface area contributed by atoms with E-state index in [9.17, 15) is 4.79 Å². The lowest BCUT2D eigenvalue weighted by Crippen LogP contribution is -2.36. The maximum absolute atomic E-state index is 13.0. The first-order valence-corrected chi connectivity index (χ1v) is 9.15. The summed E-state index contributed by atoms with van der Waals surface area (Å²) in [6, 6.07) is 3.63. The molecule has 0 aromatic carbocycles. The number of ether oxygens (including phenoxy) is 2. The molecule has 0 unspecified atom stereocenters. The lowest BCUT2D eigenvalue weighted by Gasteiger charge is -2.20. The molecule has 10 heteroatoms. The average Bonchev–Trinajstić information content (AvgIpc) is 3.11. The minimum atomic E-state index is -0.564. The van der Waals surface area contributed by atoms with Crippen molar-refractivity contribution >= 4 is 28.9 Å². The first-order valence-electron chi connectivity index (χ1n) is 8.77. The van der Waals surface area contributed by atoms with Gasteiger partial charge in [0, 0.05) is 27.0 Å². The number of rotatable bonds is 10. The van der Waals surface area contributed by atoms with Gasteiger partial charge in [-0.3, -0.25) is 9.78 Å². The van der Waals surface area contributed by atoms with Crippen molar-refractivity contribution in [2.24, 2.45) is 5.16 Å². The molecule has 0 aliphatic carbocycles. The molecule has 0 bridgehead atoms. The molecule has 9 nitrogen and oxygen atoms in total. The van der Waals surface area contributed by atoms with Crippen molar-refractivity contribution in [2.75, 3.05) is 32.3 Å². The normalized spacial score (nSPS) is 11.7. The van der Waals surface area contributed by atoms with E-state index in [0.29, 0.717) is 18.7 Å². The number of hydrogen-bond donors (Lipinski definition) is 0. The molecule has 0 radical (unpaired) electrons. The predicted molar refractivity (Wildman–Crippen MR) is 106 cm³/mol. The highest BCUT2D eigenvalue weighted by atomic mass is 35.5. The summed E-state index contributed by atoms with van der Waals surface area (Å²) in [5.74, 6) is -0.316. The van der Waals surface area contributed by atoms with Gasteiger partial charge in [0.05, 0.1) is 18.1 Å². The van der Waals surface area contributed by atoms with Gasteiger partial charge in [-0.25, -0.2) is 4.68 Å². The number of pyridine rings is 1. The topological polar surface area (TPSA) is 91.1 Å². The fraction of sp³-hybridized carbons (Fsp3) is 0.444. The monoisotopic (exact) mass is 409 g/mol. The average molecular weight is 410 g/mol. The largest absolute Gasteiger partial charge is 0.390 e. The zero-order valence-electron chi connectivity index (χ0n) is 16.3. The third-order valence-electron chi connectivity index (χ3n) is 3.91. The molecule has 0 fully saturated rings. The van der Waals surface area contributed by atoms with E-state index in [1.807, 2.05) is 19.9 Å². The molecule has 2 heterocycles. The zero-order valence-corrected chi connectivity index (χ0v) is 17.1. The van der Waals surface area contributed by atoms with Crippen molar-refractivity contribution in [1.29, 1.82) is 0 Å². The van der Waals surface area contributed by atoms with Gasteiger partial charge in [0.2, 0.25) is 0 Å². The molecule has 0 aliphatic rings. The standard InChI is InChI=1S/C18H24ClN5O4/c1-5-14(22-28-12-16(26-3)27-4)18(25)23(6-2)15-11-24(21-17(15)19)13-8-7-9-20-10-13/h7-11,16H,5-6,12H2,1-4H3/b22-14+. The summed E-state index contributed by atoms with van der Waals surface area (Å²) >= 11 is 6.29. The van der Waals surface area contributed by atoms with Crippen molar-refractivity contribution in [3.63, 3.8) is 0 Å². The first kappa shape index (κ1) is 21.8. The van der Waals surface area contributed by atoms with Crippen molar-refractivity contribution in [3.05, 3.63) is 35.9 Å². The molecule has 152 valence electrons. The van der Waals surface area contributed by atoms with Crippen LogP contribution in [0.4, 0.5) is 5.69 Å². The fourth-order valence-electron chi connectivity index (χ4n) is 2.39. The highest BCUT2D eigenvalue weighted by molar-refractivity contribution is 6.44. The molecule has 1 amide bonds. The van der Waals surface area contributed by atoms with E-state index in [0.717, 1.165) is 5.69 Å². The number of nitrogens with zero attached hydrogens (tertiary/aromatic N) is 5. The molecule has 0 spiro atoms. The molecule has 2 aromatic rings. The van der Waals surface area contributed by atoms with Crippen LogP contribution >= 0.6 is 11.6 Å². The Morgan fingerprint density at radius 1 is 1.36 bits per heavy atom. The van der Waals surface area contributed by atoms with E-state index in [1.54, 1.807) is 29.3 Å². The number of carbonyl (C=O) groups is 1. The lowest BCUT2D eigenvalue weighted by molar-refractivity contribution is -0.140. The lowest BCUT2D eigenvalue weighted by atomic mass is 10.2. The maximum Gasteiger partial charge on any atom is 0.276 e. The van der Waals surface area contributed by atoms with Crippen molar-refractivity contribution < 1.29 is 19.1 Å². The van der Waals surface area contributed by atoms with Gasteiger partial charge in [-0.1, -0.05) is 23.7 Å². The molecule has 0 atom stereocenters.